The third-order valence-electron chi connectivity index (χ3n) is 3.65. The van der Waals surface area contributed by atoms with E-state index in [0.717, 1.165) is 23.0 Å². The number of hydrogen-bond acceptors (Lipinski definition) is 2. The Morgan fingerprint density at radius 3 is 2.70 bits per heavy atom. The van der Waals surface area contributed by atoms with Gasteiger partial charge in [-0.1, -0.05) is 45.7 Å². The highest BCUT2D eigenvalue weighted by Gasteiger charge is 2.31. The highest BCUT2D eigenvalue weighted by atomic mass is 79.9. The number of rotatable bonds is 3. The van der Waals surface area contributed by atoms with Gasteiger partial charge in [-0.3, -0.25) is 0 Å². The maximum atomic E-state index is 6.10. The summed E-state index contributed by atoms with van der Waals surface area (Å²) in [4.78, 5) is 4.13. The summed E-state index contributed by atoms with van der Waals surface area (Å²) < 4.78 is 2.14. The molecular formula is C15H13Br2ClN2. The van der Waals surface area contributed by atoms with E-state index in [1.807, 2.05) is 6.07 Å². The van der Waals surface area contributed by atoms with Crippen LogP contribution in [0.5, 0.6) is 0 Å². The molecule has 104 valence electrons. The number of hydrogen-bond donors (Lipinski definition) is 1. The molecule has 3 rings (SSSR count). The number of pyridine rings is 1. The van der Waals surface area contributed by atoms with Gasteiger partial charge in [0.05, 0.1) is 5.69 Å². The van der Waals surface area contributed by atoms with Crippen LogP contribution in [-0.4, -0.2) is 11.0 Å². The Labute approximate surface area is 140 Å². The summed E-state index contributed by atoms with van der Waals surface area (Å²) in [6.07, 6.45) is 3.94. The van der Waals surface area contributed by atoms with Crippen molar-refractivity contribution in [3.05, 3.63) is 56.2 Å². The van der Waals surface area contributed by atoms with Gasteiger partial charge in [0.1, 0.15) is 0 Å². The van der Waals surface area contributed by atoms with Crippen LogP contribution >= 0.6 is 43.5 Å². The molecule has 1 saturated carbocycles. The Balaban J connectivity index is 1.64. The van der Waals surface area contributed by atoms with Gasteiger partial charge < -0.3 is 5.32 Å². The summed E-state index contributed by atoms with van der Waals surface area (Å²) in [5.74, 6) is 0.613. The molecule has 20 heavy (non-hydrogen) atoms. The molecule has 0 bridgehead atoms. The molecule has 1 aromatic carbocycles. The Kier molecular flexibility index (Phi) is 4.34. The van der Waals surface area contributed by atoms with Gasteiger partial charge in [-0.05, 0) is 52.4 Å². The molecule has 0 saturated heterocycles. The van der Waals surface area contributed by atoms with Crippen LogP contribution in [0.3, 0.4) is 0 Å². The minimum absolute atomic E-state index is 0.459. The number of halogens is 3. The third-order valence-corrected chi connectivity index (χ3v) is 5.11. The molecular weight excluding hydrogens is 403 g/mol. The van der Waals surface area contributed by atoms with Crippen molar-refractivity contribution in [3.63, 3.8) is 0 Å². The fourth-order valence-electron chi connectivity index (χ4n) is 2.54. The molecule has 1 aliphatic rings. The average molecular weight is 417 g/mol. The zero-order valence-electron chi connectivity index (χ0n) is 10.6. The first-order valence-corrected chi connectivity index (χ1v) is 8.42. The van der Waals surface area contributed by atoms with E-state index in [1.54, 1.807) is 6.20 Å². The van der Waals surface area contributed by atoms with Crippen LogP contribution in [0.4, 0.5) is 5.69 Å². The van der Waals surface area contributed by atoms with Crippen molar-refractivity contribution in [1.29, 1.82) is 0 Å². The zero-order valence-corrected chi connectivity index (χ0v) is 14.5. The minimum atomic E-state index is 0.459. The Morgan fingerprint density at radius 2 is 1.95 bits per heavy atom. The molecule has 0 radical (unpaired) electrons. The molecule has 0 spiro atoms. The highest BCUT2D eigenvalue weighted by molar-refractivity contribution is 9.10. The maximum Gasteiger partial charge on any atom is 0.152 e. The van der Waals surface area contributed by atoms with Gasteiger partial charge in [0, 0.05) is 21.2 Å². The first-order chi connectivity index (χ1) is 9.63. The van der Waals surface area contributed by atoms with Crippen molar-refractivity contribution in [2.45, 2.75) is 24.8 Å². The van der Waals surface area contributed by atoms with Crippen LogP contribution < -0.4 is 5.32 Å². The Hall–Kier alpha value is -0.580. The zero-order chi connectivity index (χ0) is 14.1. The molecule has 1 aliphatic carbocycles. The first kappa shape index (κ1) is 14.4. The number of nitrogens with zero attached hydrogens (tertiary/aromatic N) is 1. The molecule has 5 heteroatoms. The maximum absolute atomic E-state index is 6.10. The molecule has 0 aliphatic heterocycles. The lowest BCUT2D eigenvalue weighted by Gasteiger charge is -2.37. The molecule has 1 N–H and O–H groups in total. The molecule has 0 unspecified atom stereocenters. The SMILES string of the molecule is Clc1ncc(Br)cc1NC1CC(c2ccccc2Br)C1. The molecule has 0 amide bonds. The minimum Gasteiger partial charge on any atom is -0.380 e. The van der Waals surface area contributed by atoms with E-state index < -0.39 is 0 Å². The van der Waals surface area contributed by atoms with Crippen LogP contribution in [0.2, 0.25) is 5.15 Å². The lowest BCUT2D eigenvalue weighted by atomic mass is 9.76. The van der Waals surface area contributed by atoms with Crippen LogP contribution in [0, 0.1) is 0 Å². The molecule has 1 fully saturated rings. The van der Waals surface area contributed by atoms with Crippen molar-refractivity contribution >= 4 is 49.1 Å². The molecule has 2 nitrogen and oxygen atoms in total. The second-order valence-electron chi connectivity index (χ2n) is 5.02. The average Bonchev–Trinajstić information content (AvgIpc) is 2.38. The molecule has 2 aromatic rings. The van der Waals surface area contributed by atoms with Crippen molar-refractivity contribution in [3.8, 4) is 0 Å². The van der Waals surface area contributed by atoms with Gasteiger partial charge in [-0.25, -0.2) is 4.98 Å². The quantitative estimate of drug-likeness (QED) is 0.657. The number of nitrogens with one attached hydrogen (secondary N) is 1. The first-order valence-electron chi connectivity index (χ1n) is 6.45. The topological polar surface area (TPSA) is 24.9 Å². The van der Waals surface area contributed by atoms with Gasteiger partial charge in [-0.2, -0.15) is 0 Å². The standard InChI is InChI=1S/C15H13Br2ClN2/c16-10-7-14(15(18)19-8-10)20-11-5-9(6-11)12-3-1-2-4-13(12)17/h1-4,7-9,11,20H,5-6H2. The Morgan fingerprint density at radius 1 is 1.20 bits per heavy atom. The Bertz CT molecular complexity index is 627. The lowest BCUT2D eigenvalue weighted by Crippen LogP contribution is -2.34. The summed E-state index contributed by atoms with van der Waals surface area (Å²) in [6.45, 7) is 0. The highest BCUT2D eigenvalue weighted by Crippen LogP contribution is 2.41. The van der Waals surface area contributed by atoms with Crippen molar-refractivity contribution in [2.75, 3.05) is 5.32 Å². The van der Waals surface area contributed by atoms with Gasteiger partial charge in [0.25, 0.3) is 0 Å². The van der Waals surface area contributed by atoms with Crippen LogP contribution in [-0.2, 0) is 0 Å². The van der Waals surface area contributed by atoms with Gasteiger partial charge >= 0.3 is 0 Å². The van der Waals surface area contributed by atoms with Crippen molar-refractivity contribution < 1.29 is 0 Å². The van der Waals surface area contributed by atoms with Crippen molar-refractivity contribution in [1.82, 2.24) is 4.98 Å². The van der Waals surface area contributed by atoms with Gasteiger partial charge in [0.2, 0.25) is 0 Å². The predicted octanol–water partition coefficient (Wildman–Crippen LogP) is 5.62. The lowest BCUT2D eigenvalue weighted by molar-refractivity contribution is 0.373. The van der Waals surface area contributed by atoms with Crippen LogP contribution in [0.25, 0.3) is 0 Å². The summed E-state index contributed by atoms with van der Waals surface area (Å²) in [5, 5.41) is 3.99. The second-order valence-corrected chi connectivity index (χ2v) is 7.15. The van der Waals surface area contributed by atoms with E-state index in [1.165, 1.54) is 10.0 Å². The molecule has 0 atom stereocenters. The smallest absolute Gasteiger partial charge is 0.152 e. The van der Waals surface area contributed by atoms with Crippen molar-refractivity contribution in [2.24, 2.45) is 0 Å². The summed E-state index contributed by atoms with van der Waals surface area (Å²) in [6, 6.07) is 10.9. The van der Waals surface area contributed by atoms with E-state index in [-0.39, 0.29) is 0 Å². The third kappa shape index (κ3) is 3.02. The molecule has 1 heterocycles. The van der Waals surface area contributed by atoms with E-state index in [0.29, 0.717) is 17.1 Å². The number of benzene rings is 1. The van der Waals surface area contributed by atoms with Crippen LogP contribution in [0.15, 0.2) is 45.5 Å². The fourth-order valence-corrected chi connectivity index (χ4v) is 3.64. The van der Waals surface area contributed by atoms with E-state index in [2.05, 4.69) is 66.4 Å². The summed E-state index contributed by atoms with van der Waals surface area (Å²) in [5.41, 5.74) is 2.29. The van der Waals surface area contributed by atoms with E-state index in [9.17, 15) is 0 Å². The van der Waals surface area contributed by atoms with E-state index >= 15 is 0 Å². The summed E-state index contributed by atoms with van der Waals surface area (Å²) >= 11 is 13.1. The van der Waals surface area contributed by atoms with Crippen LogP contribution in [0.1, 0.15) is 24.3 Å². The normalized spacial score (nSPS) is 21.4. The second kappa shape index (κ2) is 6.04. The summed E-state index contributed by atoms with van der Waals surface area (Å²) in [7, 11) is 0. The largest absolute Gasteiger partial charge is 0.380 e. The number of anilines is 1. The van der Waals surface area contributed by atoms with Gasteiger partial charge in [-0.15, -0.1) is 0 Å². The predicted molar refractivity (Wildman–Crippen MR) is 90.5 cm³/mol. The molecule has 1 aromatic heterocycles. The van der Waals surface area contributed by atoms with E-state index in [4.69, 9.17) is 11.6 Å². The monoisotopic (exact) mass is 414 g/mol. The van der Waals surface area contributed by atoms with Gasteiger partial charge in [0.15, 0.2) is 5.15 Å². The number of aromatic nitrogens is 1. The fraction of sp³-hybridized carbons (Fsp3) is 0.267.